The van der Waals surface area contributed by atoms with Crippen LogP contribution >= 0.6 is 15.9 Å². The van der Waals surface area contributed by atoms with Gasteiger partial charge in [-0.25, -0.2) is 0 Å². The van der Waals surface area contributed by atoms with Gasteiger partial charge < -0.3 is 15.2 Å². The molecule has 0 heterocycles. The van der Waals surface area contributed by atoms with E-state index >= 15 is 0 Å². The normalized spacial score (nSPS) is 11.1. The Bertz CT molecular complexity index is 413. The average Bonchev–Trinajstić information content (AvgIpc) is 2.24. The number of hydrogen-bond donors (Lipinski definition) is 2. The maximum absolute atomic E-state index is 11.4. The summed E-state index contributed by atoms with van der Waals surface area (Å²) in [6, 6.07) is 5.54. The zero-order valence-electron chi connectivity index (χ0n) is 10.1. The minimum absolute atomic E-state index is 0.366. The van der Waals surface area contributed by atoms with Crippen molar-refractivity contribution in [2.45, 2.75) is 26.0 Å². The highest BCUT2D eigenvalue weighted by Gasteiger charge is 2.22. The summed E-state index contributed by atoms with van der Waals surface area (Å²) in [5.74, 6) is 0.340. The number of amides is 1. The van der Waals surface area contributed by atoms with Crippen LogP contribution in [0.15, 0.2) is 22.7 Å². The molecule has 0 atom stereocenters. The predicted molar refractivity (Wildman–Crippen MR) is 68.8 cm³/mol. The zero-order valence-corrected chi connectivity index (χ0v) is 11.7. The van der Waals surface area contributed by atoms with Crippen LogP contribution in [0.1, 0.15) is 19.4 Å². The molecule has 2 N–H and O–H groups in total. The third-order valence-electron chi connectivity index (χ3n) is 2.22. The lowest BCUT2D eigenvalue weighted by molar-refractivity contribution is -0.136. The van der Waals surface area contributed by atoms with Gasteiger partial charge in [-0.1, -0.05) is 6.07 Å². The van der Waals surface area contributed by atoms with Gasteiger partial charge in [-0.2, -0.15) is 0 Å². The Kier molecular flexibility index (Phi) is 4.54. The molecule has 94 valence electrons. The Morgan fingerprint density at radius 2 is 2.18 bits per heavy atom. The third kappa shape index (κ3) is 4.02. The number of rotatable bonds is 4. The standard InChI is InChI=1S/C12H16BrNO3/c1-12(2,16)11(15)14-7-8-4-5-10(17-3)9(13)6-8/h4-6,16H,7H2,1-3H3,(H,14,15). The number of carbonyl (C=O) groups is 1. The summed E-state index contributed by atoms with van der Waals surface area (Å²) in [6.45, 7) is 3.27. The van der Waals surface area contributed by atoms with Gasteiger partial charge in [-0.05, 0) is 47.5 Å². The fraction of sp³-hybridized carbons (Fsp3) is 0.417. The summed E-state index contributed by atoms with van der Waals surface area (Å²) in [4.78, 5) is 11.4. The smallest absolute Gasteiger partial charge is 0.251 e. The van der Waals surface area contributed by atoms with E-state index in [-0.39, 0.29) is 0 Å². The Morgan fingerprint density at radius 3 is 2.65 bits per heavy atom. The first-order valence-corrected chi connectivity index (χ1v) is 5.97. The van der Waals surface area contributed by atoms with E-state index in [1.807, 2.05) is 18.2 Å². The molecular weight excluding hydrogens is 286 g/mol. The quantitative estimate of drug-likeness (QED) is 0.892. The van der Waals surface area contributed by atoms with E-state index in [1.54, 1.807) is 7.11 Å². The van der Waals surface area contributed by atoms with Crippen molar-refractivity contribution in [1.29, 1.82) is 0 Å². The molecule has 0 spiro atoms. The van der Waals surface area contributed by atoms with E-state index in [2.05, 4.69) is 21.2 Å². The fourth-order valence-corrected chi connectivity index (χ4v) is 1.81. The van der Waals surface area contributed by atoms with E-state index in [9.17, 15) is 9.90 Å². The molecule has 1 amide bonds. The van der Waals surface area contributed by atoms with Crippen molar-refractivity contribution in [1.82, 2.24) is 5.32 Å². The van der Waals surface area contributed by atoms with Crippen LogP contribution in [-0.2, 0) is 11.3 Å². The van der Waals surface area contributed by atoms with Crippen LogP contribution in [0.25, 0.3) is 0 Å². The highest BCUT2D eigenvalue weighted by atomic mass is 79.9. The minimum atomic E-state index is -1.36. The summed E-state index contributed by atoms with van der Waals surface area (Å²) in [5, 5.41) is 12.1. The molecule has 0 radical (unpaired) electrons. The van der Waals surface area contributed by atoms with Gasteiger partial charge in [0, 0.05) is 6.54 Å². The van der Waals surface area contributed by atoms with Gasteiger partial charge in [0.1, 0.15) is 11.4 Å². The molecular formula is C12H16BrNO3. The molecule has 17 heavy (non-hydrogen) atoms. The second-order valence-corrected chi connectivity index (χ2v) is 5.06. The molecule has 1 rings (SSSR count). The molecule has 4 nitrogen and oxygen atoms in total. The van der Waals surface area contributed by atoms with Crippen LogP contribution < -0.4 is 10.1 Å². The molecule has 0 saturated heterocycles. The Hall–Kier alpha value is -1.07. The SMILES string of the molecule is COc1ccc(CNC(=O)C(C)(C)O)cc1Br. The highest BCUT2D eigenvalue weighted by Crippen LogP contribution is 2.25. The number of aliphatic hydroxyl groups is 1. The van der Waals surface area contributed by atoms with Crippen LogP contribution in [0.3, 0.4) is 0 Å². The summed E-state index contributed by atoms with van der Waals surface area (Å²) in [5.41, 5.74) is -0.431. The van der Waals surface area contributed by atoms with Gasteiger partial charge in [0.2, 0.25) is 0 Å². The summed E-state index contributed by atoms with van der Waals surface area (Å²) in [7, 11) is 1.59. The molecule has 0 aliphatic rings. The maximum atomic E-state index is 11.4. The second-order valence-electron chi connectivity index (χ2n) is 4.21. The van der Waals surface area contributed by atoms with Gasteiger partial charge >= 0.3 is 0 Å². The van der Waals surface area contributed by atoms with Crippen molar-refractivity contribution < 1.29 is 14.6 Å². The predicted octanol–water partition coefficient (Wildman–Crippen LogP) is 1.84. The number of nitrogens with one attached hydrogen (secondary N) is 1. The first-order valence-electron chi connectivity index (χ1n) is 5.17. The second kappa shape index (κ2) is 5.51. The number of carbonyl (C=O) groups excluding carboxylic acids is 1. The summed E-state index contributed by atoms with van der Waals surface area (Å²) in [6.07, 6.45) is 0. The largest absolute Gasteiger partial charge is 0.496 e. The topological polar surface area (TPSA) is 58.6 Å². The van der Waals surface area contributed by atoms with Crippen molar-refractivity contribution in [3.05, 3.63) is 28.2 Å². The first-order chi connectivity index (χ1) is 7.84. The Morgan fingerprint density at radius 1 is 1.53 bits per heavy atom. The van der Waals surface area contributed by atoms with E-state index in [0.29, 0.717) is 6.54 Å². The number of hydrogen-bond acceptors (Lipinski definition) is 3. The lowest BCUT2D eigenvalue weighted by Crippen LogP contribution is -2.41. The van der Waals surface area contributed by atoms with Crippen LogP contribution in [0.2, 0.25) is 0 Å². The Labute approximate surface area is 109 Å². The number of methoxy groups -OCH3 is 1. The van der Waals surface area contributed by atoms with Crippen molar-refractivity contribution in [3.8, 4) is 5.75 Å². The van der Waals surface area contributed by atoms with E-state index in [0.717, 1.165) is 15.8 Å². The zero-order chi connectivity index (χ0) is 13.1. The van der Waals surface area contributed by atoms with Crippen LogP contribution in [-0.4, -0.2) is 23.7 Å². The molecule has 5 heteroatoms. The van der Waals surface area contributed by atoms with E-state index in [1.165, 1.54) is 13.8 Å². The van der Waals surface area contributed by atoms with Crippen LogP contribution in [0.4, 0.5) is 0 Å². The van der Waals surface area contributed by atoms with Crippen LogP contribution in [0.5, 0.6) is 5.75 Å². The van der Waals surface area contributed by atoms with Gasteiger partial charge in [-0.3, -0.25) is 4.79 Å². The van der Waals surface area contributed by atoms with E-state index < -0.39 is 11.5 Å². The summed E-state index contributed by atoms with van der Waals surface area (Å²) >= 11 is 3.37. The molecule has 0 unspecified atom stereocenters. The molecule has 0 aliphatic heterocycles. The number of benzene rings is 1. The summed E-state index contributed by atoms with van der Waals surface area (Å²) < 4.78 is 5.93. The lowest BCUT2D eigenvalue weighted by Gasteiger charge is -2.16. The van der Waals surface area contributed by atoms with Crippen LogP contribution in [0, 0.1) is 0 Å². The van der Waals surface area contributed by atoms with Gasteiger partial charge in [0.25, 0.3) is 5.91 Å². The minimum Gasteiger partial charge on any atom is -0.496 e. The number of halogens is 1. The first kappa shape index (κ1) is 14.0. The molecule has 0 aliphatic carbocycles. The molecule has 0 fully saturated rings. The third-order valence-corrected chi connectivity index (χ3v) is 2.84. The van der Waals surface area contributed by atoms with Crippen molar-refractivity contribution in [2.24, 2.45) is 0 Å². The number of ether oxygens (including phenoxy) is 1. The van der Waals surface area contributed by atoms with E-state index in [4.69, 9.17) is 4.74 Å². The van der Waals surface area contributed by atoms with Gasteiger partial charge in [0.05, 0.1) is 11.6 Å². The fourth-order valence-electron chi connectivity index (χ4n) is 1.22. The lowest BCUT2D eigenvalue weighted by atomic mass is 10.1. The molecule has 0 saturated carbocycles. The van der Waals surface area contributed by atoms with Gasteiger partial charge in [-0.15, -0.1) is 0 Å². The molecule has 0 bridgehead atoms. The van der Waals surface area contributed by atoms with Crippen molar-refractivity contribution in [2.75, 3.05) is 7.11 Å². The molecule has 1 aromatic carbocycles. The maximum Gasteiger partial charge on any atom is 0.251 e. The van der Waals surface area contributed by atoms with Crippen molar-refractivity contribution >= 4 is 21.8 Å². The average molecular weight is 302 g/mol. The van der Waals surface area contributed by atoms with Crippen molar-refractivity contribution in [3.63, 3.8) is 0 Å². The molecule has 1 aromatic rings. The highest BCUT2D eigenvalue weighted by molar-refractivity contribution is 9.10. The molecule has 0 aromatic heterocycles. The Balaban J connectivity index is 2.65. The monoisotopic (exact) mass is 301 g/mol. The van der Waals surface area contributed by atoms with Gasteiger partial charge in [0.15, 0.2) is 0 Å².